The van der Waals surface area contributed by atoms with E-state index >= 15 is 0 Å². The summed E-state index contributed by atoms with van der Waals surface area (Å²) in [5.74, 6) is -1.54. The van der Waals surface area contributed by atoms with Crippen LogP contribution < -0.4 is 5.32 Å². The van der Waals surface area contributed by atoms with E-state index in [-0.39, 0.29) is 23.4 Å². The molecule has 1 heterocycles. The summed E-state index contributed by atoms with van der Waals surface area (Å²) in [7, 11) is 0. The van der Waals surface area contributed by atoms with Crippen molar-refractivity contribution in [3.8, 4) is 17.2 Å². The smallest absolute Gasteiger partial charge is 0.200 e. The van der Waals surface area contributed by atoms with Crippen LogP contribution in [0.2, 0.25) is 0 Å². The lowest BCUT2D eigenvalue weighted by molar-refractivity contribution is 0.363. The molecular formula is C17H16FNO3. The molecule has 1 aliphatic heterocycles. The van der Waals surface area contributed by atoms with Crippen LogP contribution in [0, 0.1) is 5.82 Å². The molecule has 2 aromatic carbocycles. The lowest BCUT2D eigenvalue weighted by Crippen LogP contribution is -2.14. The summed E-state index contributed by atoms with van der Waals surface area (Å²) in [5, 5.41) is 32.3. The fourth-order valence-corrected chi connectivity index (χ4v) is 2.73. The Bertz CT molecular complexity index is 743. The first kappa shape index (κ1) is 14.4. The van der Waals surface area contributed by atoms with Crippen LogP contribution in [0.1, 0.15) is 23.6 Å². The molecule has 1 fully saturated rings. The van der Waals surface area contributed by atoms with Crippen molar-refractivity contribution < 1.29 is 19.7 Å². The van der Waals surface area contributed by atoms with Crippen LogP contribution in [0.15, 0.2) is 42.0 Å². The zero-order chi connectivity index (χ0) is 15.7. The number of aromatic hydroxyl groups is 3. The van der Waals surface area contributed by atoms with Crippen molar-refractivity contribution in [1.82, 2.24) is 5.32 Å². The first-order valence-corrected chi connectivity index (χ1v) is 6.99. The molecule has 4 N–H and O–H groups in total. The highest BCUT2D eigenvalue weighted by Gasteiger charge is 2.26. The number of nitrogens with one attached hydrogen (secondary N) is 1. The van der Waals surface area contributed by atoms with Gasteiger partial charge < -0.3 is 20.6 Å². The van der Waals surface area contributed by atoms with Gasteiger partial charge in [-0.3, -0.25) is 0 Å². The minimum Gasteiger partial charge on any atom is -0.504 e. The molecule has 2 aromatic rings. The van der Waals surface area contributed by atoms with Gasteiger partial charge in [-0.2, -0.15) is 0 Å². The number of phenols is 3. The molecule has 3 rings (SSSR count). The first-order valence-electron chi connectivity index (χ1n) is 6.99. The van der Waals surface area contributed by atoms with Crippen molar-refractivity contribution in [1.29, 1.82) is 0 Å². The Morgan fingerprint density at radius 3 is 2.68 bits per heavy atom. The van der Waals surface area contributed by atoms with Gasteiger partial charge >= 0.3 is 0 Å². The van der Waals surface area contributed by atoms with Gasteiger partial charge in [-0.1, -0.05) is 18.2 Å². The molecule has 0 aromatic heterocycles. The third kappa shape index (κ3) is 2.63. The lowest BCUT2D eigenvalue weighted by atomic mass is 9.96. The van der Waals surface area contributed by atoms with Crippen LogP contribution in [0.3, 0.4) is 0 Å². The van der Waals surface area contributed by atoms with Crippen LogP contribution in [-0.2, 0) is 0 Å². The van der Waals surface area contributed by atoms with Gasteiger partial charge in [0, 0.05) is 5.56 Å². The Kier molecular flexibility index (Phi) is 3.73. The zero-order valence-corrected chi connectivity index (χ0v) is 11.8. The summed E-state index contributed by atoms with van der Waals surface area (Å²) in [6, 6.07) is 8.89. The molecule has 1 aliphatic rings. The maximum Gasteiger partial charge on any atom is 0.200 e. The topological polar surface area (TPSA) is 72.7 Å². The molecule has 4 nitrogen and oxygen atoms in total. The predicted molar refractivity (Wildman–Crippen MR) is 81.2 cm³/mol. The highest BCUT2D eigenvalue weighted by molar-refractivity contribution is 5.60. The molecule has 114 valence electrons. The van der Waals surface area contributed by atoms with E-state index in [4.69, 9.17) is 0 Å². The minimum atomic E-state index is -0.531. The molecule has 1 saturated heterocycles. The second-order valence-electron chi connectivity index (χ2n) is 5.28. The summed E-state index contributed by atoms with van der Waals surface area (Å²) >= 11 is 0. The molecule has 0 saturated carbocycles. The molecule has 22 heavy (non-hydrogen) atoms. The van der Waals surface area contributed by atoms with Crippen molar-refractivity contribution in [3.05, 3.63) is 58.9 Å². The van der Waals surface area contributed by atoms with Crippen LogP contribution >= 0.6 is 0 Å². The molecule has 0 spiro atoms. The fourth-order valence-electron chi connectivity index (χ4n) is 2.73. The zero-order valence-electron chi connectivity index (χ0n) is 11.8. The van der Waals surface area contributed by atoms with Crippen LogP contribution in [0.25, 0.3) is 6.08 Å². The standard InChI is InChI=1S/C17H16FNO3/c18-12-3-1-2-10(9-12)8-11-6-7-19-15(11)13-4-5-14(20)17(22)16(13)21/h1-5,8-9,15,19-22H,6-7H2/b11-8+. The van der Waals surface area contributed by atoms with Gasteiger partial charge in [-0.15, -0.1) is 0 Å². The molecule has 1 unspecified atom stereocenters. The Morgan fingerprint density at radius 1 is 1.09 bits per heavy atom. The van der Waals surface area contributed by atoms with Crippen molar-refractivity contribution in [2.75, 3.05) is 6.54 Å². The average Bonchev–Trinajstić information content (AvgIpc) is 2.93. The molecule has 1 atom stereocenters. The second kappa shape index (κ2) is 5.69. The highest BCUT2D eigenvalue weighted by Crippen LogP contribution is 2.43. The predicted octanol–water partition coefficient (Wildman–Crippen LogP) is 3.06. The largest absolute Gasteiger partial charge is 0.504 e. The molecule has 5 heteroatoms. The van der Waals surface area contributed by atoms with E-state index in [0.29, 0.717) is 12.1 Å². The van der Waals surface area contributed by atoms with E-state index in [0.717, 1.165) is 17.6 Å². The summed E-state index contributed by atoms with van der Waals surface area (Å²) in [4.78, 5) is 0. The van der Waals surface area contributed by atoms with E-state index in [1.807, 2.05) is 6.08 Å². The number of benzene rings is 2. The number of phenolic OH excluding ortho intramolecular Hbond substituents is 3. The Labute approximate surface area is 127 Å². The molecule has 0 radical (unpaired) electrons. The summed E-state index contributed by atoms with van der Waals surface area (Å²) in [6.07, 6.45) is 2.62. The average molecular weight is 301 g/mol. The molecular weight excluding hydrogens is 285 g/mol. The van der Waals surface area contributed by atoms with E-state index in [1.165, 1.54) is 18.2 Å². The van der Waals surface area contributed by atoms with Crippen molar-refractivity contribution >= 4 is 6.08 Å². The number of rotatable bonds is 2. The van der Waals surface area contributed by atoms with E-state index in [2.05, 4.69) is 5.32 Å². The highest BCUT2D eigenvalue weighted by atomic mass is 19.1. The summed E-state index contributed by atoms with van der Waals surface area (Å²) in [6.45, 7) is 0.715. The number of hydrogen-bond acceptors (Lipinski definition) is 4. The first-order chi connectivity index (χ1) is 10.6. The maximum atomic E-state index is 13.3. The normalized spacial score (nSPS) is 19.7. The third-order valence-corrected chi connectivity index (χ3v) is 3.81. The lowest BCUT2D eigenvalue weighted by Gasteiger charge is -2.16. The quantitative estimate of drug-likeness (QED) is 0.643. The van der Waals surface area contributed by atoms with Crippen LogP contribution in [0.5, 0.6) is 17.2 Å². The Balaban J connectivity index is 1.99. The molecule has 0 bridgehead atoms. The Morgan fingerprint density at radius 2 is 1.91 bits per heavy atom. The van der Waals surface area contributed by atoms with Crippen molar-refractivity contribution in [2.24, 2.45) is 0 Å². The van der Waals surface area contributed by atoms with Crippen molar-refractivity contribution in [2.45, 2.75) is 12.5 Å². The third-order valence-electron chi connectivity index (χ3n) is 3.81. The van der Waals surface area contributed by atoms with Crippen LogP contribution in [0.4, 0.5) is 4.39 Å². The van der Waals surface area contributed by atoms with E-state index in [9.17, 15) is 19.7 Å². The van der Waals surface area contributed by atoms with Crippen LogP contribution in [-0.4, -0.2) is 21.9 Å². The van der Waals surface area contributed by atoms with Gasteiger partial charge in [-0.05, 0) is 48.4 Å². The van der Waals surface area contributed by atoms with Gasteiger partial charge in [-0.25, -0.2) is 4.39 Å². The summed E-state index contributed by atoms with van der Waals surface area (Å²) < 4.78 is 13.3. The number of halogens is 1. The Hall–Kier alpha value is -2.53. The van der Waals surface area contributed by atoms with E-state index < -0.39 is 5.75 Å². The van der Waals surface area contributed by atoms with Gasteiger partial charge in [0.2, 0.25) is 5.75 Å². The molecule has 0 amide bonds. The van der Waals surface area contributed by atoms with Crippen molar-refractivity contribution in [3.63, 3.8) is 0 Å². The monoisotopic (exact) mass is 301 g/mol. The van der Waals surface area contributed by atoms with Gasteiger partial charge in [0.1, 0.15) is 5.82 Å². The number of hydrogen-bond donors (Lipinski definition) is 4. The maximum absolute atomic E-state index is 13.3. The van der Waals surface area contributed by atoms with Gasteiger partial charge in [0.05, 0.1) is 6.04 Å². The molecule has 0 aliphatic carbocycles. The second-order valence-corrected chi connectivity index (χ2v) is 5.28. The summed E-state index contributed by atoms with van der Waals surface area (Å²) in [5.41, 5.74) is 2.20. The minimum absolute atomic E-state index is 0.283. The van der Waals surface area contributed by atoms with E-state index in [1.54, 1.807) is 18.2 Å². The SMILES string of the molecule is Oc1ccc(C2NCC/C2=C\c2cccc(F)c2)c(O)c1O. The van der Waals surface area contributed by atoms with Gasteiger partial charge in [0.25, 0.3) is 0 Å². The fraction of sp³-hybridized carbons (Fsp3) is 0.176. The van der Waals surface area contributed by atoms with Gasteiger partial charge in [0.15, 0.2) is 11.5 Å².